The van der Waals surface area contributed by atoms with Gasteiger partial charge in [-0.25, -0.2) is 0 Å². The lowest BCUT2D eigenvalue weighted by atomic mass is 9.95. The molecule has 1 aromatic carbocycles. The zero-order chi connectivity index (χ0) is 10.4. The lowest BCUT2D eigenvalue weighted by molar-refractivity contribution is -0.142. The van der Waals surface area contributed by atoms with E-state index in [1.54, 1.807) is 0 Å². The minimum atomic E-state index is -0.702. The topological polar surface area (TPSA) is 42.2 Å². The Morgan fingerprint density at radius 1 is 1.40 bits per heavy atom. The van der Waals surface area contributed by atoms with Gasteiger partial charge >= 0.3 is 5.97 Å². The van der Waals surface area contributed by atoms with Crippen molar-refractivity contribution in [3.05, 3.63) is 36.0 Å². The monoisotopic (exact) mass is 201 g/mol. The first-order chi connectivity index (χ1) is 7.25. The molecule has 2 aromatic rings. The van der Waals surface area contributed by atoms with Gasteiger partial charge in [0.1, 0.15) is 0 Å². The van der Waals surface area contributed by atoms with Gasteiger partial charge in [0.05, 0.1) is 11.4 Å². The Hall–Kier alpha value is -1.77. The fourth-order valence-electron chi connectivity index (χ4n) is 2.39. The molecule has 15 heavy (non-hydrogen) atoms. The minimum absolute atomic E-state index is 0.282. The SMILES string of the molecule is O=C(O)C1Cc2cccc3ccn(c23)C1. The maximum Gasteiger partial charge on any atom is 0.308 e. The molecular weight excluding hydrogens is 190 g/mol. The average Bonchev–Trinajstić information content (AvgIpc) is 2.64. The Bertz CT molecular complexity index is 542. The number of carboxylic acid groups (broad SMARTS) is 1. The smallest absolute Gasteiger partial charge is 0.308 e. The summed E-state index contributed by atoms with van der Waals surface area (Å²) in [4.78, 5) is 11.0. The number of aliphatic carboxylic acids is 1. The number of hydrogen-bond acceptors (Lipinski definition) is 1. The van der Waals surface area contributed by atoms with Crippen LogP contribution in [0.15, 0.2) is 30.5 Å². The van der Waals surface area contributed by atoms with Crippen molar-refractivity contribution in [1.29, 1.82) is 0 Å². The second-order valence-corrected chi connectivity index (χ2v) is 4.06. The summed E-state index contributed by atoms with van der Waals surface area (Å²) in [7, 11) is 0. The lowest BCUT2D eigenvalue weighted by Crippen LogP contribution is -2.25. The molecule has 0 aliphatic carbocycles. The van der Waals surface area contributed by atoms with Crippen LogP contribution in [-0.2, 0) is 17.8 Å². The molecule has 0 spiro atoms. The molecule has 1 unspecified atom stereocenters. The van der Waals surface area contributed by atoms with Crippen molar-refractivity contribution < 1.29 is 9.90 Å². The van der Waals surface area contributed by atoms with Crippen molar-refractivity contribution >= 4 is 16.9 Å². The van der Waals surface area contributed by atoms with E-state index in [0.717, 1.165) is 5.56 Å². The summed E-state index contributed by atoms with van der Waals surface area (Å²) in [5.74, 6) is -0.984. The number of nitrogens with zero attached hydrogens (tertiary/aromatic N) is 1. The van der Waals surface area contributed by atoms with E-state index in [4.69, 9.17) is 5.11 Å². The molecule has 1 aromatic heterocycles. The van der Waals surface area contributed by atoms with Gasteiger partial charge in [0, 0.05) is 12.7 Å². The van der Waals surface area contributed by atoms with E-state index in [2.05, 4.69) is 6.07 Å². The predicted octanol–water partition coefficient (Wildman–Crippen LogP) is 1.90. The fourth-order valence-corrected chi connectivity index (χ4v) is 2.39. The number of benzene rings is 1. The van der Waals surface area contributed by atoms with Gasteiger partial charge in [0.2, 0.25) is 0 Å². The first kappa shape index (κ1) is 8.53. The number of hydrogen-bond donors (Lipinski definition) is 1. The van der Waals surface area contributed by atoms with Crippen LogP contribution in [0.4, 0.5) is 0 Å². The second-order valence-electron chi connectivity index (χ2n) is 4.06. The highest BCUT2D eigenvalue weighted by Crippen LogP contribution is 2.28. The number of para-hydroxylation sites is 1. The second kappa shape index (κ2) is 2.86. The summed E-state index contributed by atoms with van der Waals surface area (Å²) in [5.41, 5.74) is 2.35. The molecule has 0 radical (unpaired) electrons. The summed E-state index contributed by atoms with van der Waals surface area (Å²) in [6.45, 7) is 0.593. The first-order valence-corrected chi connectivity index (χ1v) is 5.05. The highest BCUT2D eigenvalue weighted by atomic mass is 16.4. The Kier molecular flexibility index (Phi) is 1.63. The maximum absolute atomic E-state index is 11.0. The van der Waals surface area contributed by atoms with Gasteiger partial charge in [-0.05, 0) is 23.4 Å². The van der Waals surface area contributed by atoms with Crippen LogP contribution in [0.1, 0.15) is 5.56 Å². The van der Waals surface area contributed by atoms with Crippen molar-refractivity contribution in [2.24, 2.45) is 5.92 Å². The third-order valence-electron chi connectivity index (χ3n) is 3.10. The predicted molar refractivity (Wildman–Crippen MR) is 56.8 cm³/mol. The number of aromatic nitrogens is 1. The number of rotatable bonds is 1. The van der Waals surface area contributed by atoms with Gasteiger partial charge < -0.3 is 9.67 Å². The highest BCUT2D eigenvalue weighted by Gasteiger charge is 2.25. The van der Waals surface area contributed by atoms with Crippen molar-refractivity contribution in [3.8, 4) is 0 Å². The van der Waals surface area contributed by atoms with Gasteiger partial charge in [0.25, 0.3) is 0 Å². The molecular formula is C12H11NO2. The summed E-state index contributed by atoms with van der Waals surface area (Å²) < 4.78 is 2.05. The van der Waals surface area contributed by atoms with E-state index in [9.17, 15) is 4.79 Å². The first-order valence-electron chi connectivity index (χ1n) is 5.05. The molecule has 3 nitrogen and oxygen atoms in total. The normalized spacial score (nSPS) is 19.3. The van der Waals surface area contributed by atoms with Crippen LogP contribution in [0.2, 0.25) is 0 Å². The molecule has 76 valence electrons. The van der Waals surface area contributed by atoms with Gasteiger partial charge in [0.15, 0.2) is 0 Å². The maximum atomic E-state index is 11.0. The summed E-state index contributed by atoms with van der Waals surface area (Å²) in [6.07, 6.45) is 2.62. The molecule has 0 amide bonds. The molecule has 1 aliphatic heterocycles. The molecule has 3 rings (SSSR count). The summed E-state index contributed by atoms with van der Waals surface area (Å²) in [6, 6.07) is 8.12. The van der Waals surface area contributed by atoms with E-state index in [1.165, 1.54) is 10.9 Å². The Balaban J connectivity index is 2.20. The van der Waals surface area contributed by atoms with Crippen LogP contribution < -0.4 is 0 Å². The zero-order valence-corrected chi connectivity index (χ0v) is 8.18. The van der Waals surface area contributed by atoms with Crippen molar-refractivity contribution in [3.63, 3.8) is 0 Å². The van der Waals surface area contributed by atoms with Crippen LogP contribution in [0.25, 0.3) is 10.9 Å². The Morgan fingerprint density at radius 3 is 3.07 bits per heavy atom. The molecule has 0 bridgehead atoms. The molecule has 1 aliphatic rings. The van der Waals surface area contributed by atoms with Crippen LogP contribution in [0, 0.1) is 5.92 Å². The van der Waals surface area contributed by atoms with Crippen molar-refractivity contribution in [2.45, 2.75) is 13.0 Å². The van der Waals surface area contributed by atoms with E-state index in [-0.39, 0.29) is 5.92 Å². The largest absolute Gasteiger partial charge is 0.481 e. The standard InChI is InChI=1S/C12H11NO2/c14-12(15)10-6-9-3-1-2-8-4-5-13(7-10)11(8)9/h1-5,10H,6-7H2,(H,14,15). The van der Waals surface area contributed by atoms with Crippen LogP contribution in [-0.4, -0.2) is 15.6 Å². The van der Waals surface area contributed by atoms with Crippen molar-refractivity contribution in [2.75, 3.05) is 0 Å². The van der Waals surface area contributed by atoms with Gasteiger partial charge in [-0.1, -0.05) is 18.2 Å². The molecule has 2 heterocycles. The van der Waals surface area contributed by atoms with E-state index in [0.29, 0.717) is 13.0 Å². The quantitative estimate of drug-likeness (QED) is 0.765. The third kappa shape index (κ3) is 1.16. The van der Waals surface area contributed by atoms with Gasteiger partial charge in [-0.3, -0.25) is 4.79 Å². The molecule has 3 heteroatoms. The molecule has 0 saturated heterocycles. The van der Waals surface area contributed by atoms with Crippen LogP contribution >= 0.6 is 0 Å². The van der Waals surface area contributed by atoms with Crippen LogP contribution in [0.5, 0.6) is 0 Å². The molecule has 0 fully saturated rings. The molecule has 1 N–H and O–H groups in total. The van der Waals surface area contributed by atoms with E-state index < -0.39 is 5.97 Å². The molecule has 0 saturated carbocycles. The van der Waals surface area contributed by atoms with Crippen LogP contribution in [0.3, 0.4) is 0 Å². The summed E-state index contributed by atoms with van der Waals surface area (Å²) in [5, 5.41) is 10.2. The minimum Gasteiger partial charge on any atom is -0.481 e. The highest BCUT2D eigenvalue weighted by molar-refractivity contribution is 5.85. The zero-order valence-electron chi connectivity index (χ0n) is 8.18. The van der Waals surface area contributed by atoms with Gasteiger partial charge in [-0.15, -0.1) is 0 Å². The Labute approximate surface area is 86.9 Å². The number of carboxylic acids is 1. The van der Waals surface area contributed by atoms with Crippen molar-refractivity contribution in [1.82, 2.24) is 4.57 Å². The van der Waals surface area contributed by atoms with Gasteiger partial charge in [-0.2, -0.15) is 0 Å². The Morgan fingerprint density at radius 2 is 2.27 bits per heavy atom. The lowest BCUT2D eigenvalue weighted by Gasteiger charge is -2.21. The third-order valence-corrected chi connectivity index (χ3v) is 3.10. The number of carbonyl (C=O) groups is 1. The van der Waals surface area contributed by atoms with E-state index in [1.807, 2.05) is 29.0 Å². The molecule has 1 atom stereocenters. The summed E-state index contributed by atoms with van der Waals surface area (Å²) >= 11 is 0. The average molecular weight is 201 g/mol. The van der Waals surface area contributed by atoms with E-state index >= 15 is 0 Å². The fraction of sp³-hybridized carbons (Fsp3) is 0.250.